The highest BCUT2D eigenvalue weighted by molar-refractivity contribution is 7.19. The lowest BCUT2D eigenvalue weighted by Crippen LogP contribution is -2.01. The molecule has 7 heteroatoms. The van der Waals surface area contributed by atoms with Crippen LogP contribution in [-0.2, 0) is 4.74 Å². The summed E-state index contributed by atoms with van der Waals surface area (Å²) in [4.78, 5) is 24.7. The van der Waals surface area contributed by atoms with Crippen LogP contribution in [0.5, 0.6) is 10.9 Å². The van der Waals surface area contributed by atoms with Crippen molar-refractivity contribution in [2.24, 2.45) is 0 Å². The van der Waals surface area contributed by atoms with Gasteiger partial charge in [-0.2, -0.15) is 4.98 Å². The number of methoxy groups -OCH3 is 1. The quantitative estimate of drug-likeness (QED) is 0.692. The molecule has 0 N–H and O–H groups in total. The number of rotatable bonds is 3. The molecule has 0 unspecified atom stereocenters. The third-order valence-corrected chi connectivity index (χ3v) is 3.65. The summed E-state index contributed by atoms with van der Waals surface area (Å²) in [6, 6.07) is 5.08. The average Bonchev–Trinajstić information content (AvgIpc) is 2.90. The van der Waals surface area contributed by atoms with E-state index in [9.17, 15) is 4.79 Å². The molecule has 0 aliphatic carbocycles. The van der Waals surface area contributed by atoms with Gasteiger partial charge in [0.2, 0.25) is 0 Å². The van der Waals surface area contributed by atoms with E-state index in [4.69, 9.17) is 4.74 Å². The van der Waals surface area contributed by atoms with Gasteiger partial charge in [-0.05, 0) is 30.7 Å². The predicted octanol–water partition coefficient (Wildman–Crippen LogP) is 2.97. The minimum Gasteiger partial charge on any atom is -0.465 e. The van der Waals surface area contributed by atoms with Crippen molar-refractivity contribution in [2.45, 2.75) is 6.92 Å². The fraction of sp³-hybridized carbons (Fsp3) is 0.143. The zero-order valence-corrected chi connectivity index (χ0v) is 12.2. The zero-order chi connectivity index (χ0) is 14.8. The topological polar surface area (TPSA) is 74.2 Å². The first-order valence-corrected chi connectivity index (χ1v) is 6.93. The van der Waals surface area contributed by atoms with Crippen LogP contribution in [0.3, 0.4) is 0 Å². The molecular weight excluding hydrogens is 290 g/mol. The number of esters is 1. The molecule has 0 spiro atoms. The Morgan fingerprint density at radius 2 is 2.05 bits per heavy atom. The molecule has 21 heavy (non-hydrogen) atoms. The summed E-state index contributed by atoms with van der Waals surface area (Å²) in [7, 11) is 1.35. The molecule has 3 rings (SSSR count). The molecule has 1 aromatic carbocycles. The van der Waals surface area contributed by atoms with Crippen LogP contribution in [0.1, 0.15) is 15.9 Å². The van der Waals surface area contributed by atoms with Gasteiger partial charge in [-0.15, -0.1) is 0 Å². The van der Waals surface area contributed by atoms with Crippen LogP contribution >= 0.6 is 11.3 Å². The average molecular weight is 301 g/mol. The Balaban J connectivity index is 1.89. The van der Waals surface area contributed by atoms with E-state index in [0.29, 0.717) is 22.2 Å². The van der Waals surface area contributed by atoms with Crippen molar-refractivity contribution in [3.8, 4) is 10.9 Å². The number of ether oxygens (including phenoxy) is 2. The minimum absolute atomic E-state index is 0.377. The Hall–Kier alpha value is -2.54. The third-order valence-electron chi connectivity index (χ3n) is 2.82. The molecular formula is C14H11N3O3S. The van der Waals surface area contributed by atoms with Crippen molar-refractivity contribution in [3.63, 3.8) is 0 Å². The van der Waals surface area contributed by atoms with Gasteiger partial charge in [0.25, 0.3) is 5.19 Å². The van der Waals surface area contributed by atoms with Crippen molar-refractivity contribution in [2.75, 3.05) is 7.11 Å². The lowest BCUT2D eigenvalue weighted by Gasteiger charge is -2.07. The lowest BCUT2D eigenvalue weighted by molar-refractivity contribution is 0.0600. The summed E-state index contributed by atoms with van der Waals surface area (Å²) in [6.45, 7) is 1.85. The van der Waals surface area contributed by atoms with Gasteiger partial charge in [-0.25, -0.2) is 14.8 Å². The number of nitrogens with zero attached hydrogens (tertiary/aromatic N) is 3. The second-order valence-electron chi connectivity index (χ2n) is 4.24. The van der Waals surface area contributed by atoms with Gasteiger partial charge in [0.1, 0.15) is 5.75 Å². The molecule has 2 aromatic heterocycles. The monoisotopic (exact) mass is 301 g/mol. The first kappa shape index (κ1) is 13.4. The molecule has 0 radical (unpaired) electrons. The van der Waals surface area contributed by atoms with Crippen LogP contribution in [-0.4, -0.2) is 28.0 Å². The number of hydrogen-bond donors (Lipinski definition) is 0. The molecule has 2 heterocycles. The Morgan fingerprint density at radius 3 is 2.76 bits per heavy atom. The van der Waals surface area contributed by atoms with Gasteiger partial charge in [-0.1, -0.05) is 11.3 Å². The lowest BCUT2D eigenvalue weighted by atomic mass is 10.1. The Bertz CT molecular complexity index is 783. The summed E-state index contributed by atoms with van der Waals surface area (Å²) in [6.07, 6.45) is 3.20. The minimum atomic E-state index is -0.377. The number of carbonyl (C=O) groups is 1. The molecule has 3 aromatic rings. The fourth-order valence-electron chi connectivity index (χ4n) is 1.81. The van der Waals surface area contributed by atoms with Crippen LogP contribution in [0.25, 0.3) is 10.5 Å². The first-order chi connectivity index (χ1) is 10.2. The van der Waals surface area contributed by atoms with Crippen molar-refractivity contribution >= 4 is 27.8 Å². The largest absolute Gasteiger partial charge is 0.465 e. The van der Waals surface area contributed by atoms with E-state index in [-0.39, 0.29) is 5.97 Å². The molecule has 0 fully saturated rings. The number of fused-ring (bicyclic) bond motifs is 1. The Kier molecular flexibility index (Phi) is 3.49. The van der Waals surface area contributed by atoms with Crippen LogP contribution in [0.2, 0.25) is 0 Å². The van der Waals surface area contributed by atoms with Crippen LogP contribution in [0.15, 0.2) is 30.6 Å². The molecule has 0 aliphatic heterocycles. The zero-order valence-electron chi connectivity index (χ0n) is 11.4. The van der Waals surface area contributed by atoms with Gasteiger partial charge in [-0.3, -0.25) is 0 Å². The highest BCUT2D eigenvalue weighted by Crippen LogP contribution is 2.31. The second kappa shape index (κ2) is 5.45. The van der Waals surface area contributed by atoms with Gasteiger partial charge < -0.3 is 9.47 Å². The molecule has 0 saturated heterocycles. The number of thiazole rings is 1. The smallest absolute Gasteiger partial charge is 0.337 e. The molecule has 106 valence electrons. The number of hydrogen-bond acceptors (Lipinski definition) is 7. The highest BCUT2D eigenvalue weighted by Gasteiger charge is 2.11. The van der Waals surface area contributed by atoms with E-state index < -0.39 is 0 Å². The summed E-state index contributed by atoms with van der Waals surface area (Å²) in [5.74, 6) is 0.250. The van der Waals surface area contributed by atoms with Crippen LogP contribution in [0.4, 0.5) is 0 Å². The predicted molar refractivity (Wildman–Crippen MR) is 77.8 cm³/mol. The summed E-state index contributed by atoms with van der Waals surface area (Å²) in [5.41, 5.74) is 1.86. The summed E-state index contributed by atoms with van der Waals surface area (Å²) < 4.78 is 10.4. The fourth-order valence-corrected chi connectivity index (χ4v) is 2.54. The molecule has 0 saturated carbocycles. The summed E-state index contributed by atoms with van der Waals surface area (Å²) >= 11 is 1.32. The number of aryl methyl sites for hydroxylation is 1. The number of carbonyl (C=O) groups excluding carboxylic acids is 1. The van der Waals surface area contributed by atoms with Crippen molar-refractivity contribution < 1.29 is 14.3 Å². The van der Waals surface area contributed by atoms with Crippen molar-refractivity contribution in [1.29, 1.82) is 0 Å². The van der Waals surface area contributed by atoms with Crippen LogP contribution < -0.4 is 4.74 Å². The van der Waals surface area contributed by atoms with E-state index in [1.54, 1.807) is 30.6 Å². The first-order valence-electron chi connectivity index (χ1n) is 6.12. The van der Waals surface area contributed by atoms with E-state index in [0.717, 1.165) is 10.4 Å². The highest BCUT2D eigenvalue weighted by atomic mass is 32.1. The van der Waals surface area contributed by atoms with Gasteiger partial charge in [0.15, 0.2) is 10.5 Å². The third kappa shape index (κ3) is 2.68. The van der Waals surface area contributed by atoms with Gasteiger partial charge in [0, 0.05) is 12.4 Å². The van der Waals surface area contributed by atoms with E-state index in [1.807, 2.05) is 6.92 Å². The van der Waals surface area contributed by atoms with Gasteiger partial charge >= 0.3 is 5.97 Å². The maximum atomic E-state index is 11.5. The SMILES string of the molecule is COC(=O)c1ccc(Oc2nc3nccnc3s2)c(C)c1. The van der Waals surface area contributed by atoms with E-state index >= 15 is 0 Å². The maximum absolute atomic E-state index is 11.5. The normalized spacial score (nSPS) is 10.6. The second-order valence-corrected chi connectivity index (χ2v) is 5.18. The van der Waals surface area contributed by atoms with E-state index in [1.165, 1.54) is 18.4 Å². The van der Waals surface area contributed by atoms with Gasteiger partial charge in [0.05, 0.1) is 12.7 Å². The van der Waals surface area contributed by atoms with E-state index in [2.05, 4.69) is 19.7 Å². The molecule has 0 aliphatic rings. The molecule has 6 nitrogen and oxygen atoms in total. The Morgan fingerprint density at radius 1 is 1.24 bits per heavy atom. The van der Waals surface area contributed by atoms with Crippen molar-refractivity contribution in [3.05, 3.63) is 41.7 Å². The number of benzene rings is 1. The molecule has 0 bridgehead atoms. The Labute approximate surface area is 124 Å². The summed E-state index contributed by atoms with van der Waals surface area (Å²) in [5, 5.41) is 0.463. The van der Waals surface area contributed by atoms with Crippen LogP contribution in [0, 0.1) is 6.92 Å². The maximum Gasteiger partial charge on any atom is 0.337 e. The molecule has 0 atom stereocenters. The molecule has 0 amide bonds. The van der Waals surface area contributed by atoms with Crippen molar-refractivity contribution in [1.82, 2.24) is 15.0 Å². The standard InChI is InChI=1S/C14H11N3O3S/c1-8-7-9(13(18)19-2)3-4-10(8)20-14-17-11-12(21-14)16-6-5-15-11/h3-7H,1-2H3. The number of aromatic nitrogens is 3.